The highest BCUT2D eigenvalue weighted by Gasteiger charge is 2.44. The lowest BCUT2D eigenvalue weighted by Gasteiger charge is -2.16. The Morgan fingerprint density at radius 2 is 2.10 bits per heavy atom. The first-order valence-electron chi connectivity index (χ1n) is 6.16. The lowest BCUT2D eigenvalue weighted by atomic mass is 10.1. The zero-order chi connectivity index (χ0) is 14.3. The molecule has 1 saturated heterocycles. The van der Waals surface area contributed by atoms with Crippen LogP contribution in [0.3, 0.4) is 0 Å². The van der Waals surface area contributed by atoms with Gasteiger partial charge in [-0.05, 0) is 18.2 Å². The van der Waals surface area contributed by atoms with Crippen molar-refractivity contribution in [2.75, 3.05) is 6.61 Å². The molecule has 20 heavy (non-hydrogen) atoms. The summed E-state index contributed by atoms with van der Waals surface area (Å²) in [7, 11) is 0. The molecule has 0 spiro atoms. The smallest absolute Gasteiger partial charge is 0.229 e. The molecule has 1 aliphatic heterocycles. The normalized spacial score (nSPS) is 30.0. The molecule has 1 aliphatic rings. The van der Waals surface area contributed by atoms with Crippen LogP contribution in [0.2, 0.25) is 5.02 Å². The molecule has 1 fully saturated rings. The number of benzene rings is 1. The van der Waals surface area contributed by atoms with Gasteiger partial charge in [0.05, 0.1) is 12.1 Å². The molecule has 108 valence electrons. The fourth-order valence-corrected chi connectivity index (χ4v) is 2.43. The summed E-state index contributed by atoms with van der Waals surface area (Å²) in [5.74, 6) is 0.478. The summed E-state index contributed by atoms with van der Waals surface area (Å²) in [5, 5.41) is 29.9. The number of ether oxygens (including phenoxy) is 2. The Kier molecular flexibility index (Phi) is 3.57. The van der Waals surface area contributed by atoms with Gasteiger partial charge in [-0.1, -0.05) is 11.6 Å². The summed E-state index contributed by atoms with van der Waals surface area (Å²) < 4.78 is 10.8. The van der Waals surface area contributed by atoms with Crippen LogP contribution in [0.1, 0.15) is 0 Å². The fourth-order valence-electron chi connectivity index (χ4n) is 2.26. The number of nitrogens with one attached hydrogen (secondary N) is 1. The van der Waals surface area contributed by atoms with E-state index in [1.807, 2.05) is 0 Å². The average Bonchev–Trinajstić information content (AvgIpc) is 2.95. The van der Waals surface area contributed by atoms with Gasteiger partial charge < -0.3 is 29.8 Å². The summed E-state index contributed by atoms with van der Waals surface area (Å²) in [5.41, 5.74) is 0.791. The minimum atomic E-state index is -1.22. The molecular formula is C13H14ClNO5. The topological polar surface area (TPSA) is 94.9 Å². The monoisotopic (exact) mass is 299 g/mol. The first kappa shape index (κ1) is 13.7. The van der Waals surface area contributed by atoms with E-state index < -0.39 is 24.6 Å². The largest absolute Gasteiger partial charge is 0.460 e. The third-order valence-electron chi connectivity index (χ3n) is 3.35. The summed E-state index contributed by atoms with van der Waals surface area (Å²) in [4.78, 5) is 3.00. The molecule has 6 nitrogen and oxygen atoms in total. The van der Waals surface area contributed by atoms with Crippen molar-refractivity contribution in [2.45, 2.75) is 24.6 Å². The highest BCUT2D eigenvalue weighted by Crippen LogP contribution is 2.31. The van der Waals surface area contributed by atoms with E-state index in [0.29, 0.717) is 10.8 Å². The van der Waals surface area contributed by atoms with Crippen LogP contribution in [0.25, 0.3) is 10.9 Å². The van der Waals surface area contributed by atoms with E-state index in [9.17, 15) is 10.2 Å². The number of fused-ring (bicyclic) bond motifs is 1. The third-order valence-corrected chi connectivity index (χ3v) is 3.58. The maximum Gasteiger partial charge on any atom is 0.229 e. The second kappa shape index (κ2) is 5.23. The molecule has 2 aromatic rings. The van der Waals surface area contributed by atoms with Crippen molar-refractivity contribution in [3.8, 4) is 5.75 Å². The standard InChI is InChI=1S/C13H14ClNO5/c14-6-1-2-7-8(3-6)15-4-9(7)19-13-12(18)11(17)10(5-16)20-13/h1-4,10-13,15-18H,5H2/t10-,11-,12?,13-/m1/s1. The summed E-state index contributed by atoms with van der Waals surface area (Å²) in [6.45, 7) is -0.387. The summed E-state index contributed by atoms with van der Waals surface area (Å²) >= 11 is 5.89. The molecule has 3 rings (SSSR count). The van der Waals surface area contributed by atoms with Crippen LogP contribution >= 0.6 is 11.6 Å². The molecule has 1 aromatic heterocycles. The number of halogens is 1. The molecular weight excluding hydrogens is 286 g/mol. The predicted molar refractivity (Wildman–Crippen MR) is 71.7 cm³/mol. The van der Waals surface area contributed by atoms with Gasteiger partial charge in [0, 0.05) is 16.6 Å². The number of aliphatic hydroxyl groups excluding tert-OH is 3. The molecule has 1 aromatic carbocycles. The van der Waals surface area contributed by atoms with Gasteiger partial charge in [0.15, 0.2) is 0 Å². The number of aliphatic hydroxyl groups is 3. The highest BCUT2D eigenvalue weighted by atomic mass is 35.5. The van der Waals surface area contributed by atoms with Gasteiger partial charge in [-0.2, -0.15) is 0 Å². The lowest BCUT2D eigenvalue weighted by Crippen LogP contribution is -2.35. The summed E-state index contributed by atoms with van der Waals surface area (Å²) in [6.07, 6.45) is -2.66. The third kappa shape index (κ3) is 2.25. The number of hydrogen-bond acceptors (Lipinski definition) is 5. The van der Waals surface area contributed by atoms with Crippen molar-refractivity contribution in [2.24, 2.45) is 0 Å². The van der Waals surface area contributed by atoms with Gasteiger partial charge in [-0.3, -0.25) is 0 Å². The molecule has 4 N–H and O–H groups in total. The molecule has 7 heteroatoms. The van der Waals surface area contributed by atoms with Crippen LogP contribution in [0.4, 0.5) is 0 Å². The Balaban J connectivity index is 1.83. The zero-order valence-corrected chi connectivity index (χ0v) is 11.1. The maximum absolute atomic E-state index is 9.83. The van der Waals surface area contributed by atoms with Crippen LogP contribution in [-0.4, -0.2) is 51.5 Å². The van der Waals surface area contributed by atoms with E-state index in [1.54, 1.807) is 24.4 Å². The van der Waals surface area contributed by atoms with Gasteiger partial charge >= 0.3 is 0 Å². The van der Waals surface area contributed by atoms with E-state index in [2.05, 4.69) is 4.98 Å². The van der Waals surface area contributed by atoms with Gasteiger partial charge in [-0.25, -0.2) is 0 Å². The van der Waals surface area contributed by atoms with Crippen molar-refractivity contribution in [1.82, 2.24) is 4.98 Å². The molecule has 0 aliphatic carbocycles. The van der Waals surface area contributed by atoms with E-state index in [4.69, 9.17) is 26.2 Å². The van der Waals surface area contributed by atoms with Crippen LogP contribution in [0, 0.1) is 0 Å². The first-order valence-corrected chi connectivity index (χ1v) is 6.53. The minimum absolute atomic E-state index is 0.387. The first-order chi connectivity index (χ1) is 9.60. The zero-order valence-electron chi connectivity index (χ0n) is 10.4. The molecule has 1 unspecified atom stereocenters. The van der Waals surface area contributed by atoms with Crippen molar-refractivity contribution in [3.05, 3.63) is 29.4 Å². The number of rotatable bonds is 3. The van der Waals surface area contributed by atoms with Crippen molar-refractivity contribution < 1.29 is 24.8 Å². The predicted octanol–water partition coefficient (Wildman–Crippen LogP) is 0.639. The second-order valence-corrected chi connectivity index (χ2v) is 5.10. The minimum Gasteiger partial charge on any atom is -0.460 e. The molecule has 4 atom stereocenters. The van der Waals surface area contributed by atoms with E-state index >= 15 is 0 Å². The van der Waals surface area contributed by atoms with Crippen LogP contribution < -0.4 is 4.74 Å². The van der Waals surface area contributed by atoms with Crippen LogP contribution in [0.15, 0.2) is 24.4 Å². The quantitative estimate of drug-likeness (QED) is 0.667. The van der Waals surface area contributed by atoms with E-state index in [0.717, 1.165) is 10.9 Å². The lowest BCUT2D eigenvalue weighted by molar-refractivity contribution is -0.115. The Labute approximate surface area is 119 Å². The molecule has 0 bridgehead atoms. The Bertz CT molecular complexity index is 616. The molecule has 0 amide bonds. The average molecular weight is 300 g/mol. The number of aromatic amines is 1. The van der Waals surface area contributed by atoms with Crippen LogP contribution in [0.5, 0.6) is 5.75 Å². The fraction of sp³-hybridized carbons (Fsp3) is 0.385. The van der Waals surface area contributed by atoms with Crippen LogP contribution in [-0.2, 0) is 4.74 Å². The van der Waals surface area contributed by atoms with Gasteiger partial charge in [0.25, 0.3) is 0 Å². The maximum atomic E-state index is 9.83. The Morgan fingerprint density at radius 3 is 2.80 bits per heavy atom. The molecule has 2 heterocycles. The highest BCUT2D eigenvalue weighted by molar-refractivity contribution is 6.31. The number of H-pyrrole nitrogens is 1. The Hall–Kier alpha value is -1.31. The number of aromatic nitrogens is 1. The molecule has 0 saturated carbocycles. The van der Waals surface area contributed by atoms with Crippen molar-refractivity contribution in [1.29, 1.82) is 0 Å². The van der Waals surface area contributed by atoms with Gasteiger partial charge in [0.1, 0.15) is 24.1 Å². The second-order valence-electron chi connectivity index (χ2n) is 4.67. The van der Waals surface area contributed by atoms with Crippen molar-refractivity contribution >= 4 is 22.5 Å². The van der Waals surface area contributed by atoms with E-state index in [-0.39, 0.29) is 6.61 Å². The summed E-state index contributed by atoms with van der Waals surface area (Å²) in [6, 6.07) is 5.26. The number of hydrogen-bond donors (Lipinski definition) is 4. The Morgan fingerprint density at radius 1 is 1.30 bits per heavy atom. The van der Waals surface area contributed by atoms with Crippen molar-refractivity contribution in [3.63, 3.8) is 0 Å². The molecule has 0 radical (unpaired) electrons. The SMILES string of the molecule is OC[C@H]1O[C@@H](Oc2c[nH]c3cc(Cl)ccc23)C(O)[C@@H]1O. The van der Waals surface area contributed by atoms with Gasteiger partial charge in [-0.15, -0.1) is 0 Å². The van der Waals surface area contributed by atoms with Gasteiger partial charge in [0.2, 0.25) is 6.29 Å². The van der Waals surface area contributed by atoms with E-state index in [1.165, 1.54) is 0 Å².